The van der Waals surface area contributed by atoms with Crippen molar-refractivity contribution in [2.24, 2.45) is 13.0 Å². The SMILES string of the molecule is Cn1cc(-c2cc(F)c3cnc(NC(=O)[C@H]4CC[C@H](NCC(F)F)CC4)cc3c2)cn1. The molecule has 3 aromatic rings. The second kappa shape index (κ2) is 9.05. The van der Waals surface area contributed by atoms with Crippen LogP contribution in [0.4, 0.5) is 19.0 Å². The third kappa shape index (κ3) is 5.04. The second-order valence-corrected chi connectivity index (χ2v) is 7.99. The zero-order valence-electron chi connectivity index (χ0n) is 17.1. The molecule has 1 fully saturated rings. The lowest BCUT2D eigenvalue weighted by Gasteiger charge is -2.28. The van der Waals surface area contributed by atoms with Gasteiger partial charge in [-0.2, -0.15) is 5.10 Å². The Kier molecular flexibility index (Phi) is 6.22. The van der Waals surface area contributed by atoms with E-state index in [0.29, 0.717) is 47.8 Å². The highest BCUT2D eigenvalue weighted by atomic mass is 19.3. The van der Waals surface area contributed by atoms with Gasteiger partial charge in [0.05, 0.1) is 12.7 Å². The number of alkyl halides is 2. The summed E-state index contributed by atoms with van der Waals surface area (Å²) in [6.45, 7) is -0.319. The summed E-state index contributed by atoms with van der Waals surface area (Å²) in [5, 5.41) is 10.8. The maximum absolute atomic E-state index is 14.6. The molecule has 2 N–H and O–H groups in total. The topological polar surface area (TPSA) is 71.8 Å². The molecule has 1 saturated carbocycles. The van der Waals surface area contributed by atoms with E-state index in [1.54, 1.807) is 30.2 Å². The zero-order valence-corrected chi connectivity index (χ0v) is 17.1. The first-order valence-electron chi connectivity index (χ1n) is 10.3. The van der Waals surface area contributed by atoms with Crippen molar-refractivity contribution >= 4 is 22.5 Å². The van der Waals surface area contributed by atoms with Crippen LogP contribution in [0, 0.1) is 11.7 Å². The highest BCUT2D eigenvalue weighted by Gasteiger charge is 2.26. The van der Waals surface area contributed by atoms with Gasteiger partial charge in [-0.3, -0.25) is 9.48 Å². The number of halogens is 3. The van der Waals surface area contributed by atoms with Crippen molar-refractivity contribution in [3.8, 4) is 11.1 Å². The number of amides is 1. The Hall–Kier alpha value is -2.94. The minimum atomic E-state index is -2.37. The van der Waals surface area contributed by atoms with Crippen molar-refractivity contribution in [2.45, 2.75) is 38.2 Å². The second-order valence-electron chi connectivity index (χ2n) is 7.99. The van der Waals surface area contributed by atoms with Gasteiger partial charge in [-0.15, -0.1) is 0 Å². The molecule has 0 atom stereocenters. The van der Waals surface area contributed by atoms with Crippen LogP contribution in [-0.4, -0.2) is 39.7 Å². The van der Waals surface area contributed by atoms with E-state index in [4.69, 9.17) is 0 Å². The van der Waals surface area contributed by atoms with Crippen LogP contribution in [0.2, 0.25) is 0 Å². The number of anilines is 1. The smallest absolute Gasteiger partial charge is 0.250 e. The van der Waals surface area contributed by atoms with Crippen LogP contribution in [0.15, 0.2) is 36.8 Å². The number of hydrogen-bond acceptors (Lipinski definition) is 4. The maximum Gasteiger partial charge on any atom is 0.250 e. The molecule has 0 aliphatic heterocycles. The van der Waals surface area contributed by atoms with Gasteiger partial charge in [-0.05, 0) is 54.8 Å². The number of rotatable bonds is 6. The third-order valence-electron chi connectivity index (χ3n) is 5.73. The van der Waals surface area contributed by atoms with Gasteiger partial charge in [0, 0.05) is 42.4 Å². The van der Waals surface area contributed by atoms with E-state index in [1.807, 2.05) is 6.07 Å². The Labute approximate surface area is 177 Å². The van der Waals surface area contributed by atoms with Crippen LogP contribution < -0.4 is 10.6 Å². The fraction of sp³-hybridized carbons (Fsp3) is 0.409. The monoisotopic (exact) mass is 431 g/mol. The van der Waals surface area contributed by atoms with Gasteiger partial charge in [0.25, 0.3) is 6.43 Å². The highest BCUT2D eigenvalue weighted by molar-refractivity contribution is 5.95. The van der Waals surface area contributed by atoms with Gasteiger partial charge in [0.2, 0.25) is 5.91 Å². The summed E-state index contributed by atoms with van der Waals surface area (Å²) in [6, 6.07) is 4.96. The number of fused-ring (bicyclic) bond motifs is 1. The van der Waals surface area contributed by atoms with Crippen molar-refractivity contribution in [3.63, 3.8) is 0 Å². The molecule has 1 amide bonds. The molecule has 0 spiro atoms. The van der Waals surface area contributed by atoms with Gasteiger partial charge < -0.3 is 10.6 Å². The van der Waals surface area contributed by atoms with E-state index in [9.17, 15) is 18.0 Å². The van der Waals surface area contributed by atoms with Crippen molar-refractivity contribution in [1.82, 2.24) is 20.1 Å². The number of carbonyl (C=O) groups excluding carboxylic acids is 1. The van der Waals surface area contributed by atoms with E-state index in [1.165, 1.54) is 12.3 Å². The Morgan fingerprint density at radius 3 is 2.61 bits per heavy atom. The lowest BCUT2D eigenvalue weighted by Crippen LogP contribution is -2.38. The molecule has 31 heavy (non-hydrogen) atoms. The molecule has 0 bridgehead atoms. The first-order valence-corrected chi connectivity index (χ1v) is 10.3. The summed E-state index contributed by atoms with van der Waals surface area (Å²) in [7, 11) is 1.79. The van der Waals surface area contributed by atoms with Crippen LogP contribution in [0.25, 0.3) is 21.9 Å². The van der Waals surface area contributed by atoms with Crippen LogP contribution in [0.1, 0.15) is 25.7 Å². The number of carbonyl (C=O) groups is 1. The quantitative estimate of drug-likeness (QED) is 0.616. The molecule has 0 unspecified atom stereocenters. The molecule has 1 aromatic carbocycles. The molecule has 6 nitrogen and oxygen atoms in total. The van der Waals surface area contributed by atoms with Crippen molar-refractivity contribution < 1.29 is 18.0 Å². The number of nitrogens with zero attached hydrogens (tertiary/aromatic N) is 3. The summed E-state index contributed by atoms with van der Waals surface area (Å²) in [6.07, 6.45) is 5.11. The van der Waals surface area contributed by atoms with E-state index >= 15 is 0 Å². The molecule has 0 radical (unpaired) electrons. The average Bonchev–Trinajstić information content (AvgIpc) is 3.18. The van der Waals surface area contributed by atoms with Crippen LogP contribution in [0.3, 0.4) is 0 Å². The molecule has 9 heteroatoms. The normalized spacial score (nSPS) is 19.1. The summed E-state index contributed by atoms with van der Waals surface area (Å²) in [5.41, 5.74) is 1.49. The summed E-state index contributed by atoms with van der Waals surface area (Å²) >= 11 is 0. The summed E-state index contributed by atoms with van der Waals surface area (Å²) in [5.74, 6) is -0.377. The van der Waals surface area contributed by atoms with Gasteiger partial charge in [0.1, 0.15) is 11.6 Å². The first kappa shape index (κ1) is 21.3. The molecule has 164 valence electrons. The molecule has 4 rings (SSSR count). The predicted octanol–water partition coefficient (Wildman–Crippen LogP) is 4.13. The molecule has 2 aromatic heterocycles. The Bertz CT molecular complexity index is 1080. The molecular formula is C22H24F3N5O. The maximum atomic E-state index is 14.6. The van der Waals surface area contributed by atoms with Gasteiger partial charge in [-0.25, -0.2) is 18.2 Å². The number of pyridine rings is 1. The largest absolute Gasteiger partial charge is 0.310 e. The number of hydrogen-bond donors (Lipinski definition) is 2. The third-order valence-corrected chi connectivity index (χ3v) is 5.73. The standard InChI is InChI=1S/C22H24F3N5O/c1-30-12-16(9-28-30)14-6-15-8-21(27-10-18(15)19(23)7-14)29-22(31)13-2-4-17(5-3-13)26-11-20(24)25/h6-10,12-13,17,20,26H,2-5,11H2,1H3,(H,27,29,31)/t13-,17-. The number of aryl methyl sites for hydroxylation is 1. The van der Waals surface area contributed by atoms with Crippen LogP contribution >= 0.6 is 0 Å². The number of benzene rings is 1. The first-order chi connectivity index (χ1) is 14.9. The minimum absolute atomic E-state index is 0.0192. The molecule has 2 heterocycles. The Balaban J connectivity index is 1.44. The van der Waals surface area contributed by atoms with E-state index in [2.05, 4.69) is 20.7 Å². The average molecular weight is 431 g/mol. The van der Waals surface area contributed by atoms with E-state index < -0.39 is 12.2 Å². The zero-order chi connectivity index (χ0) is 22.0. The van der Waals surface area contributed by atoms with Crippen LogP contribution in [0.5, 0.6) is 0 Å². The van der Waals surface area contributed by atoms with Crippen molar-refractivity contribution in [3.05, 3.63) is 42.6 Å². The molecule has 1 aliphatic carbocycles. The minimum Gasteiger partial charge on any atom is -0.310 e. The summed E-state index contributed by atoms with van der Waals surface area (Å²) < 4.78 is 40.9. The van der Waals surface area contributed by atoms with Crippen molar-refractivity contribution in [1.29, 1.82) is 0 Å². The molecular weight excluding hydrogens is 407 g/mol. The van der Waals surface area contributed by atoms with E-state index in [-0.39, 0.29) is 24.4 Å². The Morgan fingerprint density at radius 1 is 1.16 bits per heavy atom. The molecule has 1 aliphatic rings. The van der Waals surface area contributed by atoms with E-state index in [0.717, 1.165) is 5.56 Å². The number of nitrogens with one attached hydrogen (secondary N) is 2. The number of aromatic nitrogens is 3. The van der Waals surface area contributed by atoms with Crippen molar-refractivity contribution in [2.75, 3.05) is 11.9 Å². The van der Waals surface area contributed by atoms with Gasteiger partial charge in [-0.1, -0.05) is 0 Å². The lowest BCUT2D eigenvalue weighted by molar-refractivity contribution is -0.120. The lowest BCUT2D eigenvalue weighted by atomic mass is 9.85. The van der Waals surface area contributed by atoms with Gasteiger partial charge in [0.15, 0.2) is 0 Å². The summed E-state index contributed by atoms with van der Waals surface area (Å²) in [4.78, 5) is 16.8. The Morgan fingerprint density at radius 2 is 1.94 bits per heavy atom. The molecule has 0 saturated heterocycles. The van der Waals surface area contributed by atoms with Crippen LogP contribution in [-0.2, 0) is 11.8 Å². The highest BCUT2D eigenvalue weighted by Crippen LogP contribution is 2.29. The predicted molar refractivity (Wildman–Crippen MR) is 112 cm³/mol. The fourth-order valence-corrected chi connectivity index (χ4v) is 4.06. The van der Waals surface area contributed by atoms with Gasteiger partial charge >= 0.3 is 0 Å². The fourth-order valence-electron chi connectivity index (χ4n) is 4.06.